The summed E-state index contributed by atoms with van der Waals surface area (Å²) in [5.74, 6) is 0.504. The monoisotopic (exact) mass is 317 g/mol. The molecule has 6 nitrogen and oxygen atoms in total. The van der Waals surface area contributed by atoms with Crippen LogP contribution in [0.5, 0.6) is 0 Å². The molecule has 0 aliphatic carbocycles. The summed E-state index contributed by atoms with van der Waals surface area (Å²) in [6.45, 7) is 5.60. The van der Waals surface area contributed by atoms with Crippen molar-refractivity contribution in [3.05, 3.63) is 52.5 Å². The van der Waals surface area contributed by atoms with Crippen LogP contribution in [0, 0.1) is 13.8 Å². The number of halogens is 1. The van der Waals surface area contributed by atoms with Crippen molar-refractivity contribution >= 4 is 23.2 Å². The molecule has 3 aromatic rings. The third-order valence-electron chi connectivity index (χ3n) is 3.45. The summed E-state index contributed by atoms with van der Waals surface area (Å²) < 4.78 is 1.70. The molecule has 0 aromatic carbocycles. The van der Waals surface area contributed by atoms with E-state index in [1.807, 2.05) is 13.8 Å². The maximum atomic E-state index is 12.6. The van der Waals surface area contributed by atoms with Crippen LogP contribution >= 0.6 is 11.6 Å². The fourth-order valence-corrected chi connectivity index (χ4v) is 2.56. The predicted octanol–water partition coefficient (Wildman–Crippen LogP) is 2.82. The number of nitrogens with one attached hydrogen (secondary N) is 2. The van der Waals surface area contributed by atoms with Crippen molar-refractivity contribution < 1.29 is 4.79 Å². The molecular weight excluding hydrogens is 302 g/mol. The number of hydrogen-bond acceptors (Lipinski definition) is 3. The maximum Gasteiger partial charge on any atom is 0.270 e. The van der Waals surface area contributed by atoms with Gasteiger partial charge in [-0.25, -0.2) is 9.97 Å². The van der Waals surface area contributed by atoms with Crippen LogP contribution in [0.4, 0.5) is 0 Å². The number of fused-ring (bicyclic) bond motifs is 1. The number of aromatic amines is 1. The van der Waals surface area contributed by atoms with Crippen molar-refractivity contribution in [2.75, 3.05) is 0 Å². The molecule has 0 radical (unpaired) electrons. The lowest BCUT2D eigenvalue weighted by molar-refractivity contribution is 0.0932. The Balaban J connectivity index is 1.92. The smallest absolute Gasteiger partial charge is 0.270 e. The lowest BCUT2D eigenvalue weighted by Crippen LogP contribution is -2.29. The van der Waals surface area contributed by atoms with Crippen LogP contribution in [-0.4, -0.2) is 25.3 Å². The average molecular weight is 318 g/mol. The van der Waals surface area contributed by atoms with Crippen molar-refractivity contribution in [3.63, 3.8) is 0 Å². The number of imidazole rings is 2. The Morgan fingerprint density at radius 1 is 1.41 bits per heavy atom. The summed E-state index contributed by atoms with van der Waals surface area (Å²) in [7, 11) is 0. The summed E-state index contributed by atoms with van der Waals surface area (Å²) in [5, 5.41) is 3.48. The van der Waals surface area contributed by atoms with Crippen LogP contribution < -0.4 is 5.32 Å². The van der Waals surface area contributed by atoms with Crippen molar-refractivity contribution in [2.24, 2.45) is 0 Å². The highest BCUT2D eigenvalue weighted by molar-refractivity contribution is 6.30. The zero-order valence-electron chi connectivity index (χ0n) is 12.5. The van der Waals surface area contributed by atoms with Crippen LogP contribution in [-0.2, 0) is 0 Å². The number of rotatable bonds is 3. The van der Waals surface area contributed by atoms with Gasteiger partial charge in [-0.2, -0.15) is 0 Å². The van der Waals surface area contributed by atoms with Crippen LogP contribution in [0.2, 0.25) is 5.02 Å². The van der Waals surface area contributed by atoms with E-state index >= 15 is 0 Å². The number of amides is 1. The van der Waals surface area contributed by atoms with Gasteiger partial charge in [-0.05, 0) is 32.9 Å². The molecule has 2 N–H and O–H groups in total. The number of aromatic nitrogens is 4. The summed E-state index contributed by atoms with van der Waals surface area (Å²) in [4.78, 5) is 24.3. The molecule has 0 saturated carbocycles. The summed E-state index contributed by atoms with van der Waals surface area (Å²) in [5.41, 5.74) is 2.78. The number of carbonyl (C=O) groups is 1. The van der Waals surface area contributed by atoms with Gasteiger partial charge in [0.1, 0.15) is 17.2 Å². The lowest BCUT2D eigenvalue weighted by Gasteiger charge is -2.12. The highest BCUT2D eigenvalue weighted by Gasteiger charge is 2.20. The quantitative estimate of drug-likeness (QED) is 0.780. The molecule has 0 spiro atoms. The molecule has 0 bridgehead atoms. The predicted molar refractivity (Wildman–Crippen MR) is 84.1 cm³/mol. The number of aryl methyl sites for hydroxylation is 2. The van der Waals surface area contributed by atoms with E-state index in [4.69, 9.17) is 11.6 Å². The average Bonchev–Trinajstić information content (AvgIpc) is 3.01. The van der Waals surface area contributed by atoms with E-state index in [0.29, 0.717) is 22.1 Å². The van der Waals surface area contributed by atoms with E-state index < -0.39 is 0 Å². The summed E-state index contributed by atoms with van der Waals surface area (Å²) >= 11 is 6.01. The molecule has 1 atom stereocenters. The van der Waals surface area contributed by atoms with E-state index in [0.717, 1.165) is 11.5 Å². The Morgan fingerprint density at radius 3 is 2.86 bits per heavy atom. The van der Waals surface area contributed by atoms with Gasteiger partial charge >= 0.3 is 0 Å². The van der Waals surface area contributed by atoms with Gasteiger partial charge in [0, 0.05) is 18.1 Å². The minimum atomic E-state index is -0.231. The molecule has 0 aliphatic rings. The van der Waals surface area contributed by atoms with Gasteiger partial charge in [0.05, 0.1) is 16.8 Å². The van der Waals surface area contributed by atoms with E-state index in [1.54, 1.807) is 35.9 Å². The highest BCUT2D eigenvalue weighted by atomic mass is 35.5. The topological polar surface area (TPSA) is 75.1 Å². The first-order chi connectivity index (χ1) is 10.5. The van der Waals surface area contributed by atoms with Gasteiger partial charge in [-0.1, -0.05) is 11.6 Å². The lowest BCUT2D eigenvalue weighted by atomic mass is 10.2. The molecule has 114 valence electrons. The Hall–Kier alpha value is -2.34. The first kappa shape index (κ1) is 14.6. The van der Waals surface area contributed by atoms with Gasteiger partial charge in [-0.15, -0.1) is 0 Å². The van der Waals surface area contributed by atoms with Crippen LogP contribution in [0.1, 0.15) is 40.7 Å². The van der Waals surface area contributed by atoms with Crippen molar-refractivity contribution in [3.8, 4) is 0 Å². The van der Waals surface area contributed by atoms with E-state index in [2.05, 4.69) is 20.3 Å². The molecule has 3 heterocycles. The van der Waals surface area contributed by atoms with Crippen LogP contribution in [0.15, 0.2) is 24.5 Å². The molecule has 1 amide bonds. The Kier molecular flexibility index (Phi) is 3.62. The maximum absolute atomic E-state index is 12.6. The number of hydrogen-bond donors (Lipinski definition) is 2. The fourth-order valence-electron chi connectivity index (χ4n) is 2.40. The van der Waals surface area contributed by atoms with Crippen molar-refractivity contribution in [1.82, 2.24) is 24.7 Å². The largest absolute Gasteiger partial charge is 0.344 e. The van der Waals surface area contributed by atoms with E-state index in [9.17, 15) is 4.79 Å². The first-order valence-electron chi connectivity index (χ1n) is 6.92. The van der Waals surface area contributed by atoms with Gasteiger partial charge in [0.15, 0.2) is 0 Å². The van der Waals surface area contributed by atoms with Crippen LogP contribution in [0.3, 0.4) is 0 Å². The number of H-pyrrole nitrogens is 1. The summed E-state index contributed by atoms with van der Waals surface area (Å²) in [6, 6.07) is 3.30. The van der Waals surface area contributed by atoms with Gasteiger partial charge in [0.25, 0.3) is 5.91 Å². The fraction of sp³-hybridized carbons (Fsp3) is 0.267. The molecule has 0 aliphatic heterocycles. The molecule has 0 fully saturated rings. The van der Waals surface area contributed by atoms with Crippen LogP contribution in [0.25, 0.3) is 5.65 Å². The number of pyridine rings is 1. The molecule has 7 heteroatoms. The second-order valence-corrected chi connectivity index (χ2v) is 5.70. The van der Waals surface area contributed by atoms with Gasteiger partial charge < -0.3 is 10.3 Å². The SMILES string of the molecule is Cc1cnc([C@@H](C)NC(=O)c2c(C)nc3ccc(Cl)cn23)[nH]1. The third kappa shape index (κ3) is 2.57. The van der Waals surface area contributed by atoms with Gasteiger partial charge in [0.2, 0.25) is 0 Å². The second kappa shape index (κ2) is 5.46. The third-order valence-corrected chi connectivity index (χ3v) is 3.68. The minimum Gasteiger partial charge on any atom is -0.344 e. The number of carbonyl (C=O) groups excluding carboxylic acids is 1. The number of nitrogens with zero attached hydrogens (tertiary/aromatic N) is 3. The van der Waals surface area contributed by atoms with E-state index in [-0.39, 0.29) is 11.9 Å². The minimum absolute atomic E-state index is 0.214. The summed E-state index contributed by atoms with van der Waals surface area (Å²) in [6.07, 6.45) is 3.42. The van der Waals surface area contributed by atoms with Crippen molar-refractivity contribution in [2.45, 2.75) is 26.8 Å². The van der Waals surface area contributed by atoms with Gasteiger partial charge in [-0.3, -0.25) is 9.20 Å². The first-order valence-corrected chi connectivity index (χ1v) is 7.30. The molecule has 3 aromatic heterocycles. The molecule has 0 saturated heterocycles. The molecule has 3 rings (SSSR count). The normalized spacial score (nSPS) is 12.5. The second-order valence-electron chi connectivity index (χ2n) is 5.27. The Labute approximate surface area is 132 Å². The Bertz CT molecular complexity index is 851. The zero-order chi connectivity index (χ0) is 15.9. The standard InChI is InChI=1S/C15H16ClN5O/c1-8-6-17-14(18-8)10(3)20-15(22)13-9(2)19-12-5-4-11(16)7-21(12)13/h4-7,10H,1-3H3,(H,17,18)(H,20,22)/t10-/m1/s1. The zero-order valence-corrected chi connectivity index (χ0v) is 13.3. The molecular formula is C15H16ClN5O. The Morgan fingerprint density at radius 2 is 2.18 bits per heavy atom. The van der Waals surface area contributed by atoms with E-state index in [1.165, 1.54) is 0 Å². The molecule has 0 unspecified atom stereocenters. The highest BCUT2D eigenvalue weighted by Crippen LogP contribution is 2.17. The molecule has 22 heavy (non-hydrogen) atoms. The van der Waals surface area contributed by atoms with Crippen molar-refractivity contribution in [1.29, 1.82) is 0 Å².